The summed E-state index contributed by atoms with van der Waals surface area (Å²) in [6.07, 6.45) is -0.420. The van der Waals surface area contributed by atoms with E-state index >= 15 is 0 Å². The van der Waals surface area contributed by atoms with Crippen LogP contribution in [0.25, 0.3) is 0 Å². The van der Waals surface area contributed by atoms with Crippen molar-refractivity contribution in [3.05, 3.63) is 118 Å². The van der Waals surface area contributed by atoms with Crippen LogP contribution >= 0.6 is 23.2 Å². The fourth-order valence-corrected chi connectivity index (χ4v) is 5.49. The molecular formula is C33H30Cl2N4O3. The van der Waals surface area contributed by atoms with E-state index in [-0.39, 0.29) is 5.78 Å². The first kappa shape index (κ1) is 28.1. The zero-order chi connectivity index (χ0) is 29.1. The Morgan fingerprint density at radius 3 is 2.17 bits per heavy atom. The molecule has 2 aliphatic heterocycles. The Morgan fingerprint density at radius 2 is 1.50 bits per heavy atom. The smallest absolute Gasteiger partial charge is 0.198 e. The van der Waals surface area contributed by atoms with Crippen molar-refractivity contribution in [2.75, 3.05) is 41.1 Å². The van der Waals surface area contributed by atoms with Crippen LogP contribution in [0.2, 0.25) is 10.0 Å². The van der Waals surface area contributed by atoms with Gasteiger partial charge in [-0.2, -0.15) is 0 Å². The van der Waals surface area contributed by atoms with Crippen molar-refractivity contribution in [3.8, 4) is 5.75 Å². The summed E-state index contributed by atoms with van der Waals surface area (Å²) in [5.74, 6) is 0.936. The molecular weight excluding hydrogens is 571 g/mol. The summed E-state index contributed by atoms with van der Waals surface area (Å²) >= 11 is 12.5. The number of benzene rings is 4. The molecule has 214 valence electrons. The van der Waals surface area contributed by atoms with Crippen molar-refractivity contribution in [1.29, 1.82) is 0 Å². The normalized spacial score (nSPS) is 16.9. The Bertz CT molecular complexity index is 1570. The van der Waals surface area contributed by atoms with Gasteiger partial charge in [0.1, 0.15) is 12.4 Å². The van der Waals surface area contributed by atoms with E-state index in [0.717, 1.165) is 41.3 Å². The Labute approximate surface area is 255 Å². The minimum Gasteiger partial charge on any atom is -0.489 e. The quantitative estimate of drug-likeness (QED) is 0.211. The maximum absolute atomic E-state index is 13.0. The van der Waals surface area contributed by atoms with Gasteiger partial charge in [-0.1, -0.05) is 53.5 Å². The lowest BCUT2D eigenvalue weighted by Gasteiger charge is -2.33. The Hall–Kier alpha value is -4.04. The molecule has 9 heteroatoms. The zero-order valence-corrected chi connectivity index (χ0v) is 24.6. The van der Waals surface area contributed by atoms with E-state index in [1.165, 1.54) is 0 Å². The largest absolute Gasteiger partial charge is 0.489 e. The van der Waals surface area contributed by atoms with Gasteiger partial charge in [-0.05, 0) is 72.3 Å². The summed E-state index contributed by atoms with van der Waals surface area (Å²) in [6, 6.07) is 31.2. The number of hydrogen-bond donors (Lipinski definition) is 0. The van der Waals surface area contributed by atoms with E-state index in [1.54, 1.807) is 6.92 Å². The van der Waals surface area contributed by atoms with Crippen LogP contribution in [0.1, 0.15) is 24.2 Å². The second-order valence-corrected chi connectivity index (χ2v) is 11.0. The second-order valence-electron chi connectivity index (χ2n) is 10.1. The average Bonchev–Trinajstić information content (AvgIpc) is 3.43. The molecule has 0 aromatic heterocycles. The maximum Gasteiger partial charge on any atom is 0.198 e. The van der Waals surface area contributed by atoms with Crippen LogP contribution in [-0.2, 0) is 16.1 Å². The molecule has 0 N–H and O–H groups in total. The van der Waals surface area contributed by atoms with Gasteiger partial charge in [0.15, 0.2) is 17.8 Å². The van der Waals surface area contributed by atoms with Gasteiger partial charge < -0.3 is 14.4 Å². The fourth-order valence-electron chi connectivity index (χ4n) is 5.18. The Balaban J connectivity index is 1.33. The third kappa shape index (κ3) is 5.95. The van der Waals surface area contributed by atoms with Crippen LogP contribution in [0.5, 0.6) is 5.75 Å². The van der Waals surface area contributed by atoms with E-state index in [4.69, 9.17) is 37.8 Å². The summed E-state index contributed by atoms with van der Waals surface area (Å²) in [5, 5.41) is 7.99. The molecule has 0 saturated carbocycles. The molecule has 0 radical (unpaired) electrons. The minimum absolute atomic E-state index is 0.131. The predicted octanol–water partition coefficient (Wildman–Crippen LogP) is 7.34. The number of morpholine rings is 1. The van der Waals surface area contributed by atoms with E-state index in [9.17, 15) is 4.79 Å². The number of hydrazone groups is 1. The van der Waals surface area contributed by atoms with Crippen molar-refractivity contribution in [2.24, 2.45) is 5.10 Å². The summed E-state index contributed by atoms with van der Waals surface area (Å²) in [4.78, 5) is 17.3. The molecule has 1 atom stereocenters. The van der Waals surface area contributed by atoms with Gasteiger partial charge in [-0.15, -0.1) is 5.10 Å². The highest BCUT2D eigenvalue weighted by molar-refractivity contribution is 6.44. The number of amidine groups is 1. The number of anilines is 3. The molecule has 4 aromatic rings. The fraction of sp³-hybridized carbons (Fsp3) is 0.212. The van der Waals surface area contributed by atoms with E-state index in [1.807, 2.05) is 94.8 Å². The molecule has 0 unspecified atom stereocenters. The lowest BCUT2D eigenvalue weighted by Crippen LogP contribution is -2.38. The molecule has 2 heterocycles. The van der Waals surface area contributed by atoms with E-state index < -0.39 is 6.17 Å². The first-order chi connectivity index (χ1) is 20.5. The van der Waals surface area contributed by atoms with Crippen LogP contribution in [0, 0.1) is 0 Å². The zero-order valence-electron chi connectivity index (χ0n) is 23.1. The average molecular weight is 602 g/mol. The lowest BCUT2D eigenvalue weighted by molar-refractivity contribution is -0.111. The predicted molar refractivity (Wildman–Crippen MR) is 169 cm³/mol. The number of Topliss-reactive ketones (excluding diaryl/α,β-unsaturated/α-hetero) is 1. The lowest BCUT2D eigenvalue weighted by atomic mass is 10.1. The summed E-state index contributed by atoms with van der Waals surface area (Å²) in [5.41, 5.74) is 4.65. The molecule has 0 aliphatic carbocycles. The van der Waals surface area contributed by atoms with Gasteiger partial charge in [0, 0.05) is 47.0 Å². The van der Waals surface area contributed by atoms with Crippen molar-refractivity contribution >= 4 is 51.9 Å². The van der Waals surface area contributed by atoms with E-state index in [0.29, 0.717) is 41.5 Å². The van der Waals surface area contributed by atoms with Gasteiger partial charge in [0.05, 0.1) is 18.9 Å². The molecule has 6 rings (SSSR count). The number of hydrogen-bond acceptors (Lipinski definition) is 7. The number of carbonyl (C=O) groups is 1. The molecule has 7 nitrogen and oxygen atoms in total. The maximum atomic E-state index is 13.0. The first-order valence-corrected chi connectivity index (χ1v) is 14.6. The minimum atomic E-state index is -0.420. The highest BCUT2D eigenvalue weighted by atomic mass is 35.5. The first-order valence-electron chi connectivity index (χ1n) is 13.8. The van der Waals surface area contributed by atoms with Crippen molar-refractivity contribution in [2.45, 2.75) is 19.7 Å². The molecule has 1 saturated heterocycles. The molecule has 1 fully saturated rings. The van der Waals surface area contributed by atoms with Crippen LogP contribution in [0.15, 0.2) is 102 Å². The van der Waals surface area contributed by atoms with Crippen LogP contribution in [-0.4, -0.2) is 37.9 Å². The SMILES string of the molecule is CC(=O)C1=NN(c2ccc(Cl)cc2)[C@@H](c2ccc(OCc3ccccc3Cl)cc2)N1c1ccc(N2CCOCC2)cc1. The number of nitrogens with zero attached hydrogens (tertiary/aromatic N) is 4. The number of ether oxygens (including phenoxy) is 2. The van der Waals surface area contributed by atoms with Crippen LogP contribution < -0.4 is 19.5 Å². The number of ketones is 1. The van der Waals surface area contributed by atoms with Crippen molar-refractivity contribution < 1.29 is 14.3 Å². The standard InChI is InChI=1S/C33H30Cl2N4O3/c1-23(40)32-36-39(29-10-8-26(34)9-11-29)33(38(32)28-14-12-27(13-15-28)37-18-20-41-21-19-37)24-6-16-30(17-7-24)42-22-25-4-2-3-5-31(25)35/h2-17,33H,18-22H2,1H3/t33-/m0/s1. The van der Waals surface area contributed by atoms with Crippen LogP contribution in [0.3, 0.4) is 0 Å². The monoisotopic (exact) mass is 600 g/mol. The molecule has 42 heavy (non-hydrogen) atoms. The van der Waals surface area contributed by atoms with Crippen LogP contribution in [0.4, 0.5) is 17.1 Å². The number of rotatable bonds is 8. The summed E-state index contributed by atoms with van der Waals surface area (Å²) in [7, 11) is 0. The number of halogens is 2. The third-order valence-electron chi connectivity index (χ3n) is 7.35. The number of carbonyl (C=O) groups excluding carboxylic acids is 1. The Kier molecular flexibility index (Phi) is 8.33. The highest BCUT2D eigenvalue weighted by Crippen LogP contribution is 2.40. The van der Waals surface area contributed by atoms with Gasteiger partial charge in [-0.3, -0.25) is 9.69 Å². The molecule has 0 spiro atoms. The van der Waals surface area contributed by atoms with Crippen molar-refractivity contribution in [3.63, 3.8) is 0 Å². The summed E-state index contributed by atoms with van der Waals surface area (Å²) < 4.78 is 11.5. The molecule has 2 aliphatic rings. The van der Waals surface area contributed by atoms with Gasteiger partial charge in [0.2, 0.25) is 0 Å². The van der Waals surface area contributed by atoms with Gasteiger partial charge in [-0.25, -0.2) is 5.01 Å². The van der Waals surface area contributed by atoms with E-state index in [2.05, 4.69) is 17.0 Å². The van der Waals surface area contributed by atoms with Gasteiger partial charge in [0.25, 0.3) is 0 Å². The second kappa shape index (κ2) is 12.4. The summed E-state index contributed by atoms with van der Waals surface area (Å²) in [6.45, 7) is 5.03. The molecule has 0 amide bonds. The molecule has 4 aromatic carbocycles. The van der Waals surface area contributed by atoms with Crippen molar-refractivity contribution in [1.82, 2.24) is 0 Å². The van der Waals surface area contributed by atoms with Gasteiger partial charge >= 0.3 is 0 Å². The third-order valence-corrected chi connectivity index (χ3v) is 7.97. The molecule has 0 bridgehead atoms. The Morgan fingerprint density at radius 1 is 0.857 bits per heavy atom. The topological polar surface area (TPSA) is 57.6 Å². The highest BCUT2D eigenvalue weighted by Gasteiger charge is 2.39.